The van der Waals surface area contributed by atoms with E-state index in [0.717, 1.165) is 36.0 Å². The van der Waals surface area contributed by atoms with Crippen molar-refractivity contribution >= 4 is 5.91 Å². The maximum atomic E-state index is 12.8. The van der Waals surface area contributed by atoms with Crippen molar-refractivity contribution in [2.24, 2.45) is 0 Å². The number of amides is 1. The van der Waals surface area contributed by atoms with Gasteiger partial charge in [0.15, 0.2) is 0 Å². The molecular formula is C18H23NO2. The second-order valence-corrected chi connectivity index (χ2v) is 5.69. The predicted octanol–water partition coefficient (Wildman–Crippen LogP) is 2.74. The van der Waals surface area contributed by atoms with Crippen LogP contribution in [0.25, 0.3) is 0 Å². The summed E-state index contributed by atoms with van der Waals surface area (Å²) in [6, 6.07) is 6.29. The van der Waals surface area contributed by atoms with Crippen LogP contribution in [0.4, 0.5) is 0 Å². The Bertz CT molecular complexity index is 583. The highest BCUT2D eigenvalue weighted by Gasteiger charge is 2.33. The fourth-order valence-electron chi connectivity index (χ4n) is 3.06. The van der Waals surface area contributed by atoms with Crippen LogP contribution in [0, 0.1) is 18.8 Å². The zero-order chi connectivity index (χ0) is 15.4. The molecule has 1 saturated heterocycles. The summed E-state index contributed by atoms with van der Waals surface area (Å²) in [5, 5.41) is 8.76. The number of aliphatic hydroxyl groups excluding tert-OH is 1. The Morgan fingerprint density at radius 3 is 2.81 bits per heavy atom. The molecule has 1 aromatic carbocycles. The Morgan fingerprint density at radius 1 is 1.43 bits per heavy atom. The summed E-state index contributed by atoms with van der Waals surface area (Å²) < 4.78 is 0. The van der Waals surface area contributed by atoms with Crippen molar-refractivity contribution in [1.29, 1.82) is 0 Å². The van der Waals surface area contributed by atoms with E-state index in [4.69, 9.17) is 5.11 Å². The molecule has 2 atom stereocenters. The van der Waals surface area contributed by atoms with Crippen molar-refractivity contribution in [3.05, 3.63) is 34.9 Å². The zero-order valence-corrected chi connectivity index (χ0v) is 13.0. The summed E-state index contributed by atoms with van der Waals surface area (Å²) in [5.41, 5.74) is 2.57. The topological polar surface area (TPSA) is 40.5 Å². The van der Waals surface area contributed by atoms with Gasteiger partial charge in [-0.1, -0.05) is 18.8 Å². The Labute approximate surface area is 127 Å². The molecule has 1 aromatic rings. The van der Waals surface area contributed by atoms with Crippen molar-refractivity contribution < 1.29 is 9.90 Å². The molecule has 112 valence electrons. The normalized spacial score (nSPS) is 21.0. The molecule has 0 saturated carbocycles. The number of benzene rings is 1. The Balaban J connectivity index is 2.25. The molecule has 1 heterocycles. The van der Waals surface area contributed by atoms with Gasteiger partial charge >= 0.3 is 0 Å². The minimum Gasteiger partial charge on any atom is -0.384 e. The molecule has 3 nitrogen and oxygen atoms in total. The average Bonchev–Trinajstić information content (AvgIpc) is 2.86. The van der Waals surface area contributed by atoms with Gasteiger partial charge in [0.25, 0.3) is 5.91 Å². The maximum Gasteiger partial charge on any atom is 0.254 e. The van der Waals surface area contributed by atoms with Crippen molar-refractivity contribution in [1.82, 2.24) is 4.90 Å². The van der Waals surface area contributed by atoms with Gasteiger partial charge in [0.1, 0.15) is 6.61 Å². The Kier molecular flexibility index (Phi) is 5.03. The third-order valence-electron chi connectivity index (χ3n) is 4.27. The van der Waals surface area contributed by atoms with E-state index in [1.807, 2.05) is 30.0 Å². The van der Waals surface area contributed by atoms with E-state index in [1.165, 1.54) is 0 Å². The molecule has 0 bridgehead atoms. The molecule has 0 radical (unpaired) electrons. The van der Waals surface area contributed by atoms with Crippen LogP contribution in [0.5, 0.6) is 0 Å². The van der Waals surface area contributed by atoms with Gasteiger partial charge in [0, 0.05) is 23.2 Å². The van der Waals surface area contributed by atoms with Crippen LogP contribution in [0.1, 0.15) is 54.6 Å². The molecule has 1 fully saturated rings. The molecule has 3 heteroatoms. The van der Waals surface area contributed by atoms with E-state index >= 15 is 0 Å². The third kappa shape index (κ3) is 3.28. The summed E-state index contributed by atoms with van der Waals surface area (Å²) >= 11 is 0. The van der Waals surface area contributed by atoms with E-state index < -0.39 is 0 Å². The second kappa shape index (κ2) is 6.78. The van der Waals surface area contributed by atoms with Crippen LogP contribution in [-0.2, 0) is 0 Å². The smallest absolute Gasteiger partial charge is 0.254 e. The van der Waals surface area contributed by atoms with Gasteiger partial charge in [0.05, 0.1) is 0 Å². The van der Waals surface area contributed by atoms with Gasteiger partial charge in [-0.25, -0.2) is 0 Å². The number of hydrogen-bond donors (Lipinski definition) is 1. The molecular weight excluding hydrogens is 262 g/mol. The van der Waals surface area contributed by atoms with Crippen LogP contribution in [0.2, 0.25) is 0 Å². The fourth-order valence-corrected chi connectivity index (χ4v) is 3.06. The van der Waals surface area contributed by atoms with E-state index in [-0.39, 0.29) is 12.5 Å². The van der Waals surface area contributed by atoms with Crippen LogP contribution >= 0.6 is 0 Å². The monoisotopic (exact) mass is 285 g/mol. The van der Waals surface area contributed by atoms with Crippen LogP contribution in [0.3, 0.4) is 0 Å². The van der Waals surface area contributed by atoms with E-state index in [0.29, 0.717) is 12.1 Å². The maximum absolute atomic E-state index is 12.8. The minimum atomic E-state index is -0.149. The van der Waals surface area contributed by atoms with E-state index in [1.54, 1.807) is 0 Å². The predicted molar refractivity (Wildman–Crippen MR) is 84.1 cm³/mol. The molecule has 0 aromatic heterocycles. The molecule has 21 heavy (non-hydrogen) atoms. The molecule has 0 aliphatic carbocycles. The lowest BCUT2D eigenvalue weighted by molar-refractivity contribution is 0.0676. The number of carbonyl (C=O) groups is 1. The lowest BCUT2D eigenvalue weighted by atomic mass is 10.0. The lowest BCUT2D eigenvalue weighted by Crippen LogP contribution is -2.39. The molecule has 2 rings (SSSR count). The third-order valence-corrected chi connectivity index (χ3v) is 4.27. The van der Waals surface area contributed by atoms with Gasteiger partial charge in [0.2, 0.25) is 0 Å². The van der Waals surface area contributed by atoms with Crippen LogP contribution < -0.4 is 0 Å². The number of hydrogen-bond acceptors (Lipinski definition) is 2. The first-order valence-corrected chi connectivity index (χ1v) is 7.61. The number of nitrogens with zero attached hydrogens (tertiary/aromatic N) is 1. The summed E-state index contributed by atoms with van der Waals surface area (Å²) in [6.45, 7) is 6.07. The highest BCUT2D eigenvalue weighted by Crippen LogP contribution is 2.28. The molecule has 2 unspecified atom stereocenters. The Hall–Kier alpha value is -1.79. The highest BCUT2D eigenvalue weighted by atomic mass is 16.2. The fraction of sp³-hybridized carbons (Fsp3) is 0.500. The molecule has 1 amide bonds. The number of aryl methyl sites for hydroxylation is 1. The largest absolute Gasteiger partial charge is 0.384 e. The van der Waals surface area contributed by atoms with Gasteiger partial charge < -0.3 is 10.0 Å². The zero-order valence-electron chi connectivity index (χ0n) is 13.0. The van der Waals surface area contributed by atoms with Gasteiger partial charge in [-0.05, 0) is 56.9 Å². The number of aliphatic hydroxyl groups is 1. The number of carbonyl (C=O) groups excluding carboxylic acids is 1. The van der Waals surface area contributed by atoms with Crippen molar-refractivity contribution in [2.45, 2.75) is 52.1 Å². The molecule has 0 spiro atoms. The summed E-state index contributed by atoms with van der Waals surface area (Å²) in [7, 11) is 0. The SMILES string of the molecule is CCC1CCC(C)N1C(=O)c1ccc(C#CCO)c(C)c1. The second-order valence-electron chi connectivity index (χ2n) is 5.69. The molecule has 1 N–H and O–H groups in total. The summed E-state index contributed by atoms with van der Waals surface area (Å²) in [6.07, 6.45) is 3.20. The number of likely N-dealkylation sites (tertiary alicyclic amines) is 1. The molecule has 1 aliphatic rings. The first kappa shape index (κ1) is 15.6. The molecule has 1 aliphatic heterocycles. The number of rotatable bonds is 2. The van der Waals surface area contributed by atoms with Gasteiger partial charge in [-0.2, -0.15) is 0 Å². The first-order chi connectivity index (χ1) is 10.1. The summed E-state index contributed by atoms with van der Waals surface area (Å²) in [4.78, 5) is 14.8. The minimum absolute atomic E-state index is 0.122. The quantitative estimate of drug-likeness (QED) is 0.849. The van der Waals surface area contributed by atoms with E-state index in [9.17, 15) is 4.79 Å². The van der Waals surface area contributed by atoms with Crippen molar-refractivity contribution in [3.8, 4) is 11.8 Å². The van der Waals surface area contributed by atoms with Crippen LogP contribution in [-0.4, -0.2) is 34.6 Å². The van der Waals surface area contributed by atoms with Gasteiger partial charge in [-0.15, -0.1) is 0 Å². The first-order valence-electron chi connectivity index (χ1n) is 7.61. The Morgan fingerprint density at radius 2 is 2.19 bits per heavy atom. The highest BCUT2D eigenvalue weighted by molar-refractivity contribution is 5.95. The lowest BCUT2D eigenvalue weighted by Gasteiger charge is -2.28. The van der Waals surface area contributed by atoms with Crippen molar-refractivity contribution in [3.63, 3.8) is 0 Å². The van der Waals surface area contributed by atoms with Crippen molar-refractivity contribution in [2.75, 3.05) is 6.61 Å². The summed E-state index contributed by atoms with van der Waals surface area (Å²) in [5.74, 6) is 5.67. The standard InChI is InChI=1S/C18H23NO2/c1-4-17-10-7-14(3)19(17)18(21)16-9-8-15(6-5-11-20)13(2)12-16/h8-9,12,14,17,20H,4,7,10-11H2,1-3H3. The average molecular weight is 285 g/mol. The van der Waals surface area contributed by atoms with Gasteiger partial charge in [-0.3, -0.25) is 4.79 Å². The van der Waals surface area contributed by atoms with Crippen LogP contribution in [0.15, 0.2) is 18.2 Å². The van der Waals surface area contributed by atoms with E-state index in [2.05, 4.69) is 25.7 Å².